The van der Waals surface area contributed by atoms with Crippen LogP contribution in [0.25, 0.3) is 6.08 Å². The molecule has 2 heterocycles. The Hall–Kier alpha value is -3.80. The second-order valence-electron chi connectivity index (χ2n) is 10.5. The van der Waals surface area contributed by atoms with Gasteiger partial charge in [0.25, 0.3) is 5.69 Å². The summed E-state index contributed by atoms with van der Waals surface area (Å²) in [7, 11) is -1.15. The van der Waals surface area contributed by atoms with Crippen LogP contribution >= 0.6 is 0 Å². The number of hydrogen-bond acceptors (Lipinski definition) is 8. The van der Waals surface area contributed by atoms with Crippen molar-refractivity contribution in [1.29, 1.82) is 0 Å². The number of hydrogen-bond donors (Lipinski definition) is 3. The van der Waals surface area contributed by atoms with E-state index in [0.717, 1.165) is 22.5 Å². The number of nitrogens with zero attached hydrogens (tertiary/aromatic N) is 2. The second-order valence-corrected chi connectivity index (χ2v) is 10.5. The summed E-state index contributed by atoms with van der Waals surface area (Å²) < 4.78 is 5.95. The number of imide groups is 1. The van der Waals surface area contributed by atoms with Gasteiger partial charge in [0.05, 0.1) is 35.2 Å². The number of phenolic OH excluding ortho intramolecular Hbond substituents is 1. The van der Waals surface area contributed by atoms with E-state index < -0.39 is 47.7 Å². The highest BCUT2D eigenvalue weighted by molar-refractivity contribution is 6.43. The lowest BCUT2D eigenvalue weighted by Crippen LogP contribution is -2.46. The Morgan fingerprint density at radius 1 is 1.18 bits per heavy atom. The summed E-state index contributed by atoms with van der Waals surface area (Å²) in [6.45, 7) is 1.71. The molecule has 11 heteroatoms. The highest BCUT2D eigenvalue weighted by Crippen LogP contribution is 2.51. The topological polar surface area (TPSA) is 150 Å². The number of fused-ring (bicyclic) bond motifs is 3. The van der Waals surface area contributed by atoms with Crippen LogP contribution in [0.2, 0.25) is 6.32 Å². The van der Waals surface area contributed by atoms with Crippen LogP contribution in [-0.4, -0.2) is 51.8 Å². The number of nitro groups is 1. The van der Waals surface area contributed by atoms with Gasteiger partial charge in [-0.3, -0.25) is 19.7 Å². The Morgan fingerprint density at radius 2 is 1.95 bits per heavy atom. The average Bonchev–Trinajstić information content (AvgIpc) is 3.20. The summed E-state index contributed by atoms with van der Waals surface area (Å²) in [6.07, 6.45) is 3.45. The number of para-hydroxylation sites is 1. The first-order valence-electron chi connectivity index (χ1n) is 13.5. The number of aliphatic hydroxyl groups excluding tert-OH is 1. The van der Waals surface area contributed by atoms with Crippen molar-refractivity contribution in [3.8, 4) is 5.75 Å². The molecule has 3 aliphatic rings. The zero-order valence-electron chi connectivity index (χ0n) is 22.1. The van der Waals surface area contributed by atoms with Gasteiger partial charge in [-0.15, -0.1) is 0 Å². The first kappa shape index (κ1) is 27.8. The van der Waals surface area contributed by atoms with Crippen molar-refractivity contribution in [3.63, 3.8) is 0 Å². The molecule has 0 saturated carbocycles. The normalized spacial score (nSPS) is 24.8. The van der Waals surface area contributed by atoms with Crippen molar-refractivity contribution in [3.05, 3.63) is 80.9 Å². The quantitative estimate of drug-likeness (QED) is 0.149. The number of carbonyl (C=O) groups is 2. The standard InChI is InChI=1S/C29H31BN2O8/c1-2-17(12-18-6-3-4-9-24(18)34)10-11-25-26-19(16-33)13-22-27(23(26)15-30(37)40-25)29(36)31(28(22)35)20-7-5-8-21(14-20)32(38)39/h3-9,12,14,22-23,25,27,33-34,37H,2,10-11,13,15-16H2,1H3/b17-12+/t22-,23+,25-,27-/m1/s1. The van der Waals surface area contributed by atoms with E-state index >= 15 is 0 Å². The van der Waals surface area contributed by atoms with E-state index in [2.05, 4.69) is 0 Å². The molecule has 5 rings (SSSR count). The van der Waals surface area contributed by atoms with Gasteiger partial charge >= 0.3 is 7.12 Å². The lowest BCUT2D eigenvalue weighted by molar-refractivity contribution is -0.384. The molecular formula is C29H31BN2O8. The molecule has 2 saturated heterocycles. The van der Waals surface area contributed by atoms with Gasteiger partial charge in [-0.25, -0.2) is 4.90 Å². The number of aliphatic hydroxyl groups is 1. The number of amides is 2. The van der Waals surface area contributed by atoms with Crippen LogP contribution in [0.3, 0.4) is 0 Å². The van der Waals surface area contributed by atoms with Gasteiger partial charge in [-0.2, -0.15) is 0 Å². The minimum absolute atomic E-state index is 0.104. The van der Waals surface area contributed by atoms with Crippen LogP contribution in [0, 0.1) is 27.9 Å². The zero-order valence-corrected chi connectivity index (χ0v) is 22.1. The van der Waals surface area contributed by atoms with E-state index in [1.54, 1.807) is 12.1 Å². The summed E-state index contributed by atoms with van der Waals surface area (Å²) in [6, 6.07) is 12.5. The van der Waals surface area contributed by atoms with E-state index in [1.807, 2.05) is 25.1 Å². The maximum Gasteiger partial charge on any atom is 0.455 e. The Kier molecular flexibility index (Phi) is 7.89. The fourth-order valence-corrected chi connectivity index (χ4v) is 6.41. The lowest BCUT2D eigenvalue weighted by atomic mass is 9.58. The zero-order chi connectivity index (χ0) is 28.6. The van der Waals surface area contributed by atoms with Crippen molar-refractivity contribution in [2.24, 2.45) is 17.8 Å². The summed E-state index contributed by atoms with van der Waals surface area (Å²) in [5, 5.41) is 42.5. The molecule has 2 aromatic rings. The number of phenols is 1. The van der Waals surface area contributed by atoms with Gasteiger partial charge < -0.3 is 19.9 Å². The highest BCUT2D eigenvalue weighted by Gasteiger charge is 2.57. The summed E-state index contributed by atoms with van der Waals surface area (Å²) in [4.78, 5) is 39.0. The molecule has 2 aliphatic heterocycles. The third-order valence-corrected chi connectivity index (χ3v) is 8.28. The highest BCUT2D eigenvalue weighted by atomic mass is 16.6. The fraction of sp³-hybridized carbons (Fsp3) is 0.379. The Bertz CT molecular complexity index is 1410. The van der Waals surface area contributed by atoms with Crippen molar-refractivity contribution in [2.45, 2.75) is 45.0 Å². The van der Waals surface area contributed by atoms with Crippen LogP contribution in [0.15, 0.2) is 65.3 Å². The van der Waals surface area contributed by atoms with Crippen LogP contribution in [0.5, 0.6) is 5.75 Å². The summed E-state index contributed by atoms with van der Waals surface area (Å²) in [5.74, 6) is -2.75. The van der Waals surface area contributed by atoms with Crippen molar-refractivity contribution < 1.29 is 34.4 Å². The number of anilines is 1. The molecule has 10 nitrogen and oxygen atoms in total. The van der Waals surface area contributed by atoms with E-state index in [-0.39, 0.29) is 36.5 Å². The number of non-ortho nitro benzene ring substituents is 1. The molecule has 208 valence electrons. The molecule has 0 spiro atoms. The van der Waals surface area contributed by atoms with Crippen LogP contribution < -0.4 is 4.90 Å². The number of benzene rings is 2. The van der Waals surface area contributed by atoms with Crippen LogP contribution in [-0.2, 0) is 14.2 Å². The Morgan fingerprint density at radius 3 is 2.65 bits per heavy atom. The molecule has 2 amide bonds. The fourth-order valence-electron chi connectivity index (χ4n) is 6.41. The molecule has 2 aromatic carbocycles. The summed E-state index contributed by atoms with van der Waals surface area (Å²) >= 11 is 0. The summed E-state index contributed by atoms with van der Waals surface area (Å²) in [5.41, 5.74) is 3.06. The maximum absolute atomic E-state index is 13.7. The van der Waals surface area contributed by atoms with E-state index in [0.29, 0.717) is 24.0 Å². The van der Waals surface area contributed by atoms with Crippen LogP contribution in [0.1, 0.15) is 38.2 Å². The molecule has 40 heavy (non-hydrogen) atoms. The number of aromatic hydroxyl groups is 1. The monoisotopic (exact) mass is 546 g/mol. The predicted molar refractivity (Wildman–Crippen MR) is 148 cm³/mol. The van der Waals surface area contributed by atoms with Crippen LogP contribution in [0.4, 0.5) is 11.4 Å². The predicted octanol–water partition coefficient (Wildman–Crippen LogP) is 3.87. The minimum Gasteiger partial charge on any atom is -0.507 e. The molecule has 0 unspecified atom stereocenters. The smallest absolute Gasteiger partial charge is 0.455 e. The van der Waals surface area contributed by atoms with E-state index in [1.165, 1.54) is 24.3 Å². The van der Waals surface area contributed by atoms with E-state index in [9.17, 15) is 34.9 Å². The van der Waals surface area contributed by atoms with Gasteiger partial charge in [0.2, 0.25) is 11.8 Å². The van der Waals surface area contributed by atoms with Crippen molar-refractivity contribution in [1.82, 2.24) is 0 Å². The van der Waals surface area contributed by atoms with Gasteiger partial charge in [0.15, 0.2) is 0 Å². The molecule has 4 atom stereocenters. The third-order valence-electron chi connectivity index (χ3n) is 8.28. The van der Waals surface area contributed by atoms with Crippen molar-refractivity contribution >= 4 is 36.4 Å². The number of rotatable bonds is 8. The molecule has 2 fully saturated rings. The molecule has 1 aliphatic carbocycles. The van der Waals surface area contributed by atoms with Gasteiger partial charge in [0, 0.05) is 17.7 Å². The number of carbonyl (C=O) groups excluding carboxylic acids is 2. The number of allylic oxidation sites excluding steroid dienone is 1. The largest absolute Gasteiger partial charge is 0.507 e. The van der Waals surface area contributed by atoms with Crippen molar-refractivity contribution in [2.75, 3.05) is 11.5 Å². The Labute approximate surface area is 231 Å². The van der Waals surface area contributed by atoms with Gasteiger partial charge in [-0.1, -0.05) is 42.8 Å². The van der Waals surface area contributed by atoms with Gasteiger partial charge in [-0.05, 0) is 61.2 Å². The minimum atomic E-state index is -1.15. The maximum atomic E-state index is 13.7. The molecule has 3 N–H and O–H groups in total. The molecule has 0 radical (unpaired) electrons. The molecule has 0 bridgehead atoms. The van der Waals surface area contributed by atoms with E-state index in [4.69, 9.17) is 4.65 Å². The molecular weight excluding hydrogens is 515 g/mol. The first-order chi connectivity index (χ1) is 19.2. The first-order valence-corrected chi connectivity index (χ1v) is 13.5. The number of nitro benzene ring substituents is 1. The SMILES string of the molecule is CC/C(=C\c1ccccc1O)CC[C@H]1OB(O)C[C@H]2C1=C(CO)C[C@H]1C(=O)N(c3cccc([N+](=O)[O-])c3)C(=O)[C@H]12. The third kappa shape index (κ3) is 5.07. The average molecular weight is 546 g/mol. The molecule has 0 aromatic heterocycles. The second kappa shape index (κ2) is 11.4. The lowest BCUT2D eigenvalue weighted by Gasteiger charge is -2.43. The Balaban J connectivity index is 1.43. The van der Waals surface area contributed by atoms with Gasteiger partial charge in [0.1, 0.15) is 5.75 Å².